The molecule has 0 bridgehead atoms. The average Bonchev–Trinajstić information content (AvgIpc) is 3.08. The summed E-state index contributed by atoms with van der Waals surface area (Å²) in [5.74, 6) is 3.23. The number of aldehydes is 1. The number of allylic oxidation sites excluding steroid dienone is 1. The van der Waals surface area contributed by atoms with Gasteiger partial charge in [0.2, 0.25) is 0 Å². The number of fused-ring (bicyclic) bond motifs is 7. The van der Waals surface area contributed by atoms with E-state index in [0.29, 0.717) is 39.4 Å². The molecule has 5 aliphatic carbocycles. The second kappa shape index (κ2) is 6.96. The van der Waals surface area contributed by atoms with Gasteiger partial charge < -0.3 is 5.11 Å². The van der Waals surface area contributed by atoms with Gasteiger partial charge in [0, 0.05) is 0 Å². The van der Waals surface area contributed by atoms with Crippen LogP contribution in [0, 0.1) is 56.7 Å². The second-order valence-electron chi connectivity index (χ2n) is 14.5. The fourth-order valence-electron chi connectivity index (χ4n) is 11.7. The number of hydrogen-bond donors (Lipinski definition) is 1. The van der Waals surface area contributed by atoms with E-state index in [1.54, 1.807) is 0 Å². The van der Waals surface area contributed by atoms with E-state index in [1.807, 2.05) is 0 Å². The molecule has 5 aliphatic rings. The molecule has 0 radical (unpaired) electrons. The van der Waals surface area contributed by atoms with Crippen molar-refractivity contribution in [2.45, 2.75) is 112 Å². The lowest BCUT2D eigenvalue weighted by Crippen LogP contribution is -2.66. The zero-order valence-corrected chi connectivity index (χ0v) is 21.7. The smallest absolute Gasteiger partial charge is 0.145 e. The van der Waals surface area contributed by atoms with Gasteiger partial charge in [-0.1, -0.05) is 48.1 Å². The quantitative estimate of drug-likeness (QED) is 0.364. The normalized spacial score (nSPS) is 56.3. The van der Waals surface area contributed by atoms with Gasteiger partial charge in [0.1, 0.15) is 6.29 Å². The fourth-order valence-corrected chi connectivity index (χ4v) is 11.7. The topological polar surface area (TPSA) is 37.3 Å². The summed E-state index contributed by atoms with van der Waals surface area (Å²) in [4.78, 5) is 11.6. The molecule has 10 atom stereocenters. The number of rotatable bonds is 2. The van der Waals surface area contributed by atoms with E-state index in [2.05, 4.69) is 48.1 Å². The minimum absolute atomic E-state index is 0.0313. The SMILES string of the molecule is C=C(C=O)[C@@H]1CC[C@]2(C)[C@H]3CC[C@@H]4[C@@]5(C)CC[C@H](O)C(C)(C)[C@@H]5CC[C@@]4(C)[C@]3(C)CC[C@@H]12. The Hall–Kier alpha value is -0.630. The van der Waals surface area contributed by atoms with Crippen LogP contribution < -0.4 is 0 Å². The van der Waals surface area contributed by atoms with Crippen LogP contribution in [0.5, 0.6) is 0 Å². The molecule has 5 saturated carbocycles. The molecule has 0 amide bonds. The molecule has 0 aromatic rings. The van der Waals surface area contributed by atoms with Crippen molar-refractivity contribution in [3.8, 4) is 0 Å². The van der Waals surface area contributed by atoms with E-state index in [9.17, 15) is 9.90 Å². The average molecular weight is 441 g/mol. The van der Waals surface area contributed by atoms with Crippen LogP contribution in [0.1, 0.15) is 106 Å². The third-order valence-corrected chi connectivity index (χ3v) is 13.6. The van der Waals surface area contributed by atoms with Crippen molar-refractivity contribution in [2.75, 3.05) is 0 Å². The maximum atomic E-state index is 11.6. The van der Waals surface area contributed by atoms with Crippen molar-refractivity contribution in [3.05, 3.63) is 12.2 Å². The summed E-state index contributed by atoms with van der Waals surface area (Å²) >= 11 is 0. The maximum Gasteiger partial charge on any atom is 0.145 e. The molecule has 2 nitrogen and oxygen atoms in total. The Balaban J connectivity index is 1.51. The minimum Gasteiger partial charge on any atom is -0.393 e. The van der Waals surface area contributed by atoms with E-state index in [4.69, 9.17) is 0 Å². The summed E-state index contributed by atoms with van der Waals surface area (Å²) in [6.07, 6.45) is 13.4. The summed E-state index contributed by atoms with van der Waals surface area (Å²) in [7, 11) is 0. The van der Waals surface area contributed by atoms with Gasteiger partial charge in [-0.3, -0.25) is 4.79 Å². The molecule has 32 heavy (non-hydrogen) atoms. The largest absolute Gasteiger partial charge is 0.393 e. The van der Waals surface area contributed by atoms with Crippen molar-refractivity contribution in [3.63, 3.8) is 0 Å². The summed E-state index contributed by atoms with van der Waals surface area (Å²) < 4.78 is 0. The van der Waals surface area contributed by atoms with Gasteiger partial charge in [-0.15, -0.1) is 0 Å². The minimum atomic E-state index is -0.146. The van der Waals surface area contributed by atoms with Gasteiger partial charge in [0.05, 0.1) is 6.10 Å². The van der Waals surface area contributed by atoms with Crippen LogP contribution in [0.2, 0.25) is 0 Å². The van der Waals surface area contributed by atoms with Crippen molar-refractivity contribution in [1.82, 2.24) is 0 Å². The first-order valence-corrected chi connectivity index (χ1v) is 13.7. The Morgan fingerprint density at radius 3 is 1.94 bits per heavy atom. The first-order valence-electron chi connectivity index (χ1n) is 13.7. The first-order chi connectivity index (χ1) is 14.9. The molecule has 5 fully saturated rings. The van der Waals surface area contributed by atoms with Gasteiger partial charge in [-0.05, 0) is 126 Å². The van der Waals surface area contributed by atoms with E-state index in [1.165, 1.54) is 51.4 Å². The Labute approximate surface area is 197 Å². The molecular formula is C30H48O2. The third-order valence-electron chi connectivity index (χ3n) is 13.6. The van der Waals surface area contributed by atoms with Crippen LogP contribution in [-0.4, -0.2) is 17.5 Å². The zero-order valence-electron chi connectivity index (χ0n) is 21.7. The highest BCUT2D eigenvalue weighted by Gasteiger charge is 2.70. The van der Waals surface area contributed by atoms with Crippen LogP contribution in [0.4, 0.5) is 0 Å². The molecule has 5 rings (SSSR count). The Bertz CT molecular complexity index is 814. The monoisotopic (exact) mass is 440 g/mol. The number of carbonyl (C=O) groups excluding carboxylic acids is 1. The fraction of sp³-hybridized carbons (Fsp3) is 0.900. The molecule has 180 valence electrons. The lowest BCUT2D eigenvalue weighted by atomic mass is 9.32. The molecule has 0 heterocycles. The van der Waals surface area contributed by atoms with Crippen molar-refractivity contribution in [2.24, 2.45) is 56.7 Å². The number of aliphatic hydroxyl groups excluding tert-OH is 1. The Morgan fingerprint density at radius 1 is 0.750 bits per heavy atom. The van der Waals surface area contributed by atoms with Crippen molar-refractivity contribution in [1.29, 1.82) is 0 Å². The van der Waals surface area contributed by atoms with Gasteiger partial charge in [-0.2, -0.15) is 0 Å². The van der Waals surface area contributed by atoms with E-state index in [-0.39, 0.29) is 11.5 Å². The number of aliphatic hydroxyl groups is 1. The standard InChI is InChI=1S/C30H48O2/c1-19(18-31)20-10-14-27(4)21(20)11-16-29(6)23(27)8-9-24-28(5)15-13-25(32)26(2,3)22(28)12-17-30(24,29)7/h18,20-25,32H,1,8-17H2,2-7H3/t20-,21-,22-,23+,24+,25-,27-,28-,29+,30+/m0/s1. The Kier molecular flexibility index (Phi) is 5.03. The first kappa shape index (κ1) is 23.1. The highest BCUT2D eigenvalue weighted by atomic mass is 16.3. The van der Waals surface area contributed by atoms with Gasteiger partial charge in [0.25, 0.3) is 0 Å². The van der Waals surface area contributed by atoms with Crippen LogP contribution in [0.25, 0.3) is 0 Å². The van der Waals surface area contributed by atoms with E-state index < -0.39 is 0 Å². The maximum absolute atomic E-state index is 11.6. The molecule has 0 aromatic carbocycles. The van der Waals surface area contributed by atoms with Crippen LogP contribution in [-0.2, 0) is 4.79 Å². The summed E-state index contributed by atoms with van der Waals surface area (Å²) in [6, 6.07) is 0. The lowest BCUT2D eigenvalue weighted by molar-refractivity contribution is -0.251. The molecule has 0 aliphatic heterocycles. The molecule has 0 unspecified atom stereocenters. The predicted molar refractivity (Wildman–Crippen MR) is 131 cm³/mol. The van der Waals surface area contributed by atoms with Crippen molar-refractivity contribution >= 4 is 6.29 Å². The highest BCUT2D eigenvalue weighted by Crippen LogP contribution is 2.77. The lowest BCUT2D eigenvalue weighted by Gasteiger charge is -2.73. The molecule has 2 heteroatoms. The number of hydrogen-bond acceptors (Lipinski definition) is 2. The highest BCUT2D eigenvalue weighted by molar-refractivity contribution is 5.73. The van der Waals surface area contributed by atoms with Crippen molar-refractivity contribution < 1.29 is 9.90 Å². The summed E-state index contributed by atoms with van der Waals surface area (Å²) in [5.41, 5.74) is 2.37. The second-order valence-corrected chi connectivity index (χ2v) is 14.5. The van der Waals surface area contributed by atoms with E-state index >= 15 is 0 Å². The van der Waals surface area contributed by atoms with Crippen LogP contribution in [0.3, 0.4) is 0 Å². The summed E-state index contributed by atoms with van der Waals surface area (Å²) in [6.45, 7) is 19.4. The van der Waals surface area contributed by atoms with Gasteiger partial charge in [0.15, 0.2) is 0 Å². The van der Waals surface area contributed by atoms with E-state index in [0.717, 1.165) is 36.5 Å². The molecule has 0 saturated heterocycles. The molecular weight excluding hydrogens is 392 g/mol. The van der Waals surface area contributed by atoms with Crippen LogP contribution >= 0.6 is 0 Å². The van der Waals surface area contributed by atoms with Gasteiger partial charge >= 0.3 is 0 Å². The number of carbonyl (C=O) groups is 1. The summed E-state index contributed by atoms with van der Waals surface area (Å²) in [5, 5.41) is 10.9. The molecule has 0 aromatic heterocycles. The van der Waals surface area contributed by atoms with Gasteiger partial charge in [-0.25, -0.2) is 0 Å². The molecule has 1 N–H and O–H groups in total. The van der Waals surface area contributed by atoms with Crippen LogP contribution in [0.15, 0.2) is 12.2 Å². The molecule has 0 spiro atoms. The Morgan fingerprint density at radius 2 is 1.31 bits per heavy atom. The third kappa shape index (κ3) is 2.60. The zero-order chi connectivity index (χ0) is 23.3. The predicted octanol–water partition coefficient (Wildman–Crippen LogP) is 7.20.